The van der Waals surface area contributed by atoms with Gasteiger partial charge in [0.2, 0.25) is 0 Å². The molecule has 4 heteroatoms. The lowest BCUT2D eigenvalue weighted by Gasteiger charge is -2.11. The summed E-state index contributed by atoms with van der Waals surface area (Å²) in [5.41, 5.74) is 1.81. The van der Waals surface area contributed by atoms with E-state index >= 15 is 0 Å². The van der Waals surface area contributed by atoms with Crippen molar-refractivity contribution in [3.8, 4) is 5.75 Å². The molecule has 0 saturated carbocycles. The molecule has 20 heavy (non-hydrogen) atoms. The molecule has 1 amide bonds. The average molecular weight is 269 g/mol. The number of carbonyl (C=O) groups excluding carboxylic acids is 2. The van der Waals surface area contributed by atoms with Crippen molar-refractivity contribution in [1.29, 1.82) is 0 Å². The van der Waals surface area contributed by atoms with E-state index in [1.165, 1.54) is 13.0 Å². The molecule has 0 aliphatic rings. The second kappa shape index (κ2) is 5.57. The van der Waals surface area contributed by atoms with Crippen molar-refractivity contribution in [2.45, 2.75) is 13.8 Å². The molecule has 0 radical (unpaired) electrons. The van der Waals surface area contributed by atoms with Crippen LogP contribution in [0.25, 0.3) is 0 Å². The number of anilines is 1. The number of aromatic hydroxyl groups is 1. The molecule has 2 aromatic rings. The number of hydrogen-bond donors (Lipinski definition) is 2. The van der Waals surface area contributed by atoms with Crippen LogP contribution in [0, 0.1) is 6.92 Å². The van der Waals surface area contributed by atoms with E-state index in [1.54, 1.807) is 43.3 Å². The number of nitrogens with one attached hydrogen (secondary N) is 1. The van der Waals surface area contributed by atoms with E-state index in [1.807, 2.05) is 0 Å². The van der Waals surface area contributed by atoms with Crippen molar-refractivity contribution in [3.63, 3.8) is 0 Å². The fourth-order valence-electron chi connectivity index (χ4n) is 1.96. The lowest BCUT2D eigenvalue weighted by atomic mass is 10.1. The van der Waals surface area contributed by atoms with Crippen LogP contribution in [0.3, 0.4) is 0 Å². The molecule has 2 aromatic carbocycles. The van der Waals surface area contributed by atoms with E-state index in [9.17, 15) is 14.7 Å². The summed E-state index contributed by atoms with van der Waals surface area (Å²) >= 11 is 0. The first-order valence-electron chi connectivity index (χ1n) is 6.20. The number of carbonyl (C=O) groups is 2. The van der Waals surface area contributed by atoms with E-state index in [4.69, 9.17) is 0 Å². The summed E-state index contributed by atoms with van der Waals surface area (Å²) in [6, 6.07) is 11.6. The van der Waals surface area contributed by atoms with Gasteiger partial charge in [0.25, 0.3) is 5.91 Å². The third-order valence-corrected chi connectivity index (χ3v) is 3.10. The smallest absolute Gasteiger partial charge is 0.256 e. The van der Waals surface area contributed by atoms with Gasteiger partial charge in [0.1, 0.15) is 5.75 Å². The predicted molar refractivity (Wildman–Crippen MR) is 77.2 cm³/mol. The lowest BCUT2D eigenvalue weighted by Crippen LogP contribution is -2.15. The largest absolute Gasteiger partial charge is 0.508 e. The van der Waals surface area contributed by atoms with Gasteiger partial charge < -0.3 is 10.4 Å². The summed E-state index contributed by atoms with van der Waals surface area (Å²) in [7, 11) is 0. The van der Waals surface area contributed by atoms with Gasteiger partial charge in [-0.2, -0.15) is 0 Å². The molecule has 102 valence electrons. The number of phenolic OH excluding ortho intramolecular Hbond substituents is 1. The maximum Gasteiger partial charge on any atom is 0.256 e. The van der Waals surface area contributed by atoms with Crippen molar-refractivity contribution in [2.75, 3.05) is 5.32 Å². The Balaban J connectivity index is 2.33. The van der Waals surface area contributed by atoms with Gasteiger partial charge in [0.15, 0.2) is 5.78 Å². The Morgan fingerprint density at radius 2 is 1.65 bits per heavy atom. The number of Topliss-reactive ketones (excluding diaryl/α,β-unsaturated/α-hetero) is 1. The van der Waals surface area contributed by atoms with E-state index in [0.29, 0.717) is 22.4 Å². The Morgan fingerprint density at radius 3 is 2.35 bits per heavy atom. The minimum absolute atomic E-state index is 0.0671. The first kappa shape index (κ1) is 13.8. The number of ketones is 1. The maximum absolute atomic E-state index is 12.2. The minimum Gasteiger partial charge on any atom is -0.508 e. The summed E-state index contributed by atoms with van der Waals surface area (Å²) in [5.74, 6) is -0.405. The molecule has 4 nitrogen and oxygen atoms in total. The van der Waals surface area contributed by atoms with E-state index < -0.39 is 0 Å². The molecule has 0 heterocycles. The van der Waals surface area contributed by atoms with Gasteiger partial charge in [-0.15, -0.1) is 0 Å². The Bertz CT molecular complexity index is 677. The van der Waals surface area contributed by atoms with Crippen LogP contribution in [0.5, 0.6) is 5.75 Å². The highest BCUT2D eigenvalue weighted by molar-refractivity contribution is 6.09. The van der Waals surface area contributed by atoms with Crippen molar-refractivity contribution in [3.05, 3.63) is 59.2 Å². The average Bonchev–Trinajstić information content (AvgIpc) is 2.42. The molecule has 0 unspecified atom stereocenters. The Morgan fingerprint density at radius 1 is 1.00 bits per heavy atom. The minimum atomic E-state index is -0.355. The predicted octanol–water partition coefficient (Wildman–Crippen LogP) is 3.16. The van der Waals surface area contributed by atoms with Crippen LogP contribution in [0.4, 0.5) is 5.69 Å². The van der Waals surface area contributed by atoms with Crippen molar-refractivity contribution < 1.29 is 14.7 Å². The highest BCUT2D eigenvalue weighted by Gasteiger charge is 2.14. The van der Waals surface area contributed by atoms with E-state index in [-0.39, 0.29) is 17.4 Å². The summed E-state index contributed by atoms with van der Waals surface area (Å²) in [6.07, 6.45) is 0. The first-order chi connectivity index (χ1) is 9.50. The molecular formula is C16H15NO3. The summed E-state index contributed by atoms with van der Waals surface area (Å²) in [6.45, 7) is 3.12. The van der Waals surface area contributed by atoms with E-state index in [2.05, 4.69) is 5.32 Å². The fraction of sp³-hybridized carbons (Fsp3) is 0.125. The molecule has 0 aromatic heterocycles. The normalized spacial score (nSPS) is 10.1. The topological polar surface area (TPSA) is 66.4 Å². The van der Waals surface area contributed by atoms with Gasteiger partial charge in [-0.25, -0.2) is 0 Å². The highest BCUT2D eigenvalue weighted by Crippen LogP contribution is 2.22. The van der Waals surface area contributed by atoms with Crippen LogP contribution in [-0.2, 0) is 0 Å². The molecule has 0 aliphatic heterocycles. The third-order valence-electron chi connectivity index (χ3n) is 3.10. The second-order valence-electron chi connectivity index (χ2n) is 4.51. The number of phenols is 1. The molecule has 0 bridgehead atoms. The van der Waals surface area contributed by atoms with Gasteiger partial charge in [-0.1, -0.05) is 18.2 Å². The van der Waals surface area contributed by atoms with Gasteiger partial charge in [-0.05, 0) is 38.1 Å². The van der Waals surface area contributed by atoms with Crippen LogP contribution in [-0.4, -0.2) is 16.8 Å². The van der Waals surface area contributed by atoms with Gasteiger partial charge in [0.05, 0.1) is 5.69 Å². The monoisotopic (exact) mass is 269 g/mol. The molecule has 0 aliphatic carbocycles. The molecule has 2 rings (SSSR count). The molecule has 0 fully saturated rings. The lowest BCUT2D eigenvalue weighted by molar-refractivity contribution is 0.101. The van der Waals surface area contributed by atoms with Crippen LogP contribution >= 0.6 is 0 Å². The standard InChI is InChI=1S/C16H15NO3/c1-10-12(7-5-9-15(10)19)16(20)17-14-8-4-3-6-13(14)11(2)18/h3-9,19H,1-2H3,(H,17,20). The summed E-state index contributed by atoms with van der Waals surface area (Å²) in [5, 5.41) is 12.3. The van der Waals surface area contributed by atoms with Crippen LogP contribution in [0.2, 0.25) is 0 Å². The van der Waals surface area contributed by atoms with Crippen molar-refractivity contribution in [1.82, 2.24) is 0 Å². The number of benzene rings is 2. The number of para-hydroxylation sites is 1. The van der Waals surface area contributed by atoms with Gasteiger partial charge in [-0.3, -0.25) is 9.59 Å². The van der Waals surface area contributed by atoms with Crippen molar-refractivity contribution >= 4 is 17.4 Å². The number of hydrogen-bond acceptors (Lipinski definition) is 3. The SMILES string of the molecule is CC(=O)c1ccccc1NC(=O)c1cccc(O)c1C. The van der Waals surface area contributed by atoms with Crippen molar-refractivity contribution in [2.24, 2.45) is 0 Å². The quantitative estimate of drug-likeness (QED) is 0.841. The van der Waals surface area contributed by atoms with Crippen LogP contribution in [0.15, 0.2) is 42.5 Å². The van der Waals surface area contributed by atoms with E-state index in [0.717, 1.165) is 0 Å². The molecule has 0 atom stereocenters. The fourth-order valence-corrected chi connectivity index (χ4v) is 1.96. The summed E-state index contributed by atoms with van der Waals surface area (Å²) < 4.78 is 0. The zero-order valence-corrected chi connectivity index (χ0v) is 11.3. The highest BCUT2D eigenvalue weighted by atomic mass is 16.3. The number of amides is 1. The van der Waals surface area contributed by atoms with Crippen LogP contribution < -0.4 is 5.32 Å². The maximum atomic E-state index is 12.2. The second-order valence-corrected chi connectivity index (χ2v) is 4.51. The zero-order valence-electron chi connectivity index (χ0n) is 11.3. The third kappa shape index (κ3) is 2.69. The van der Waals surface area contributed by atoms with Gasteiger partial charge >= 0.3 is 0 Å². The molecular weight excluding hydrogens is 254 g/mol. The Labute approximate surface area is 117 Å². The number of rotatable bonds is 3. The van der Waals surface area contributed by atoms with Gasteiger partial charge in [0, 0.05) is 16.7 Å². The zero-order chi connectivity index (χ0) is 14.7. The molecule has 0 saturated heterocycles. The Kier molecular flexibility index (Phi) is 3.84. The Hall–Kier alpha value is -2.62. The van der Waals surface area contributed by atoms with Crippen LogP contribution in [0.1, 0.15) is 33.2 Å². The molecule has 2 N–H and O–H groups in total. The first-order valence-corrected chi connectivity index (χ1v) is 6.20. The summed E-state index contributed by atoms with van der Waals surface area (Å²) in [4.78, 5) is 23.7. The molecule has 0 spiro atoms.